The molecule has 132 valence electrons. The Labute approximate surface area is 160 Å². The highest BCUT2D eigenvalue weighted by atomic mass is 16.3. The van der Waals surface area contributed by atoms with Crippen molar-refractivity contribution in [3.63, 3.8) is 0 Å². The second-order valence-electron chi connectivity index (χ2n) is 7.05. The van der Waals surface area contributed by atoms with E-state index >= 15 is 0 Å². The number of para-hydroxylation sites is 4. The van der Waals surface area contributed by atoms with Gasteiger partial charge in [0.05, 0.1) is 0 Å². The summed E-state index contributed by atoms with van der Waals surface area (Å²) in [5, 5.41) is 15.4. The number of hydrogen-bond donors (Lipinski definition) is 1. The standard InChI is InChI=1S/C24H15BO3/c26-25(19-11-5-9-17-15-7-1-3-13-21(15)27-23(17)19)20-12-6-10-18-16-8-2-4-14-22(16)28-24(18)20/h1-14,26H. The summed E-state index contributed by atoms with van der Waals surface area (Å²) in [7, 11) is 0. The fraction of sp³-hybridized carbons (Fsp3) is 0. The molecule has 2 heterocycles. The molecule has 4 heteroatoms. The summed E-state index contributed by atoms with van der Waals surface area (Å²) >= 11 is 0. The summed E-state index contributed by atoms with van der Waals surface area (Å²) in [4.78, 5) is 0. The van der Waals surface area contributed by atoms with Gasteiger partial charge in [0.25, 0.3) is 0 Å². The molecular weight excluding hydrogens is 347 g/mol. The molecule has 0 saturated heterocycles. The Morgan fingerprint density at radius 3 is 1.43 bits per heavy atom. The van der Waals surface area contributed by atoms with Gasteiger partial charge in [0.2, 0.25) is 0 Å². The zero-order valence-electron chi connectivity index (χ0n) is 14.9. The van der Waals surface area contributed by atoms with E-state index in [1.165, 1.54) is 0 Å². The topological polar surface area (TPSA) is 46.5 Å². The first-order valence-electron chi connectivity index (χ1n) is 9.29. The summed E-state index contributed by atoms with van der Waals surface area (Å²) in [5.41, 5.74) is 4.54. The summed E-state index contributed by atoms with van der Waals surface area (Å²) in [6, 6.07) is 27.7. The summed E-state index contributed by atoms with van der Waals surface area (Å²) < 4.78 is 12.2. The largest absolute Gasteiger partial charge is 0.457 e. The van der Waals surface area contributed by atoms with Crippen LogP contribution < -0.4 is 10.9 Å². The van der Waals surface area contributed by atoms with Crippen molar-refractivity contribution in [2.45, 2.75) is 0 Å². The van der Waals surface area contributed by atoms with Gasteiger partial charge in [-0.25, -0.2) is 0 Å². The van der Waals surface area contributed by atoms with E-state index in [9.17, 15) is 5.02 Å². The van der Waals surface area contributed by atoms with E-state index in [-0.39, 0.29) is 0 Å². The van der Waals surface area contributed by atoms with Crippen molar-refractivity contribution >= 4 is 61.7 Å². The van der Waals surface area contributed by atoms with Gasteiger partial charge in [0, 0.05) is 21.5 Å². The third-order valence-corrected chi connectivity index (χ3v) is 5.46. The Morgan fingerprint density at radius 2 is 0.929 bits per heavy atom. The van der Waals surface area contributed by atoms with Gasteiger partial charge in [0.15, 0.2) is 0 Å². The van der Waals surface area contributed by atoms with Crippen molar-refractivity contribution < 1.29 is 13.9 Å². The van der Waals surface area contributed by atoms with E-state index in [1.807, 2.05) is 84.9 Å². The minimum atomic E-state index is -0.853. The molecule has 2 aromatic heterocycles. The predicted octanol–water partition coefficient (Wildman–Crippen LogP) is 4.58. The molecule has 28 heavy (non-hydrogen) atoms. The number of benzene rings is 4. The Hall–Kier alpha value is -3.50. The molecule has 0 amide bonds. The Morgan fingerprint density at radius 1 is 0.500 bits per heavy atom. The van der Waals surface area contributed by atoms with Gasteiger partial charge in [-0.15, -0.1) is 0 Å². The number of fused-ring (bicyclic) bond motifs is 6. The van der Waals surface area contributed by atoms with Gasteiger partial charge in [-0.05, 0) is 23.1 Å². The molecule has 0 aliphatic rings. The van der Waals surface area contributed by atoms with Gasteiger partial charge in [0.1, 0.15) is 22.3 Å². The van der Waals surface area contributed by atoms with E-state index in [0.29, 0.717) is 11.2 Å². The summed E-state index contributed by atoms with van der Waals surface area (Å²) in [6.45, 7) is -0.853. The minimum Gasteiger partial charge on any atom is -0.457 e. The van der Waals surface area contributed by atoms with Gasteiger partial charge < -0.3 is 13.9 Å². The van der Waals surface area contributed by atoms with E-state index in [2.05, 4.69) is 0 Å². The maximum absolute atomic E-state index is 11.3. The lowest BCUT2D eigenvalue weighted by molar-refractivity contribution is 0.597. The molecule has 0 aliphatic carbocycles. The highest BCUT2D eigenvalue weighted by Crippen LogP contribution is 2.29. The Balaban J connectivity index is 1.62. The van der Waals surface area contributed by atoms with Crippen LogP contribution in [0.15, 0.2) is 93.8 Å². The normalized spacial score (nSPS) is 11.8. The lowest BCUT2D eigenvalue weighted by Gasteiger charge is -2.08. The highest BCUT2D eigenvalue weighted by Gasteiger charge is 2.26. The van der Waals surface area contributed by atoms with E-state index in [4.69, 9.17) is 8.83 Å². The van der Waals surface area contributed by atoms with Crippen LogP contribution in [0.2, 0.25) is 0 Å². The second-order valence-corrected chi connectivity index (χ2v) is 7.05. The average molecular weight is 362 g/mol. The van der Waals surface area contributed by atoms with Crippen LogP contribution in [-0.2, 0) is 0 Å². The molecule has 0 bridgehead atoms. The fourth-order valence-electron chi connectivity index (χ4n) is 4.14. The van der Waals surface area contributed by atoms with Crippen LogP contribution in [-0.4, -0.2) is 11.9 Å². The third kappa shape index (κ3) is 2.09. The van der Waals surface area contributed by atoms with E-state index in [1.54, 1.807) is 0 Å². The average Bonchev–Trinajstić information content (AvgIpc) is 3.31. The maximum atomic E-state index is 11.3. The number of hydrogen-bond acceptors (Lipinski definition) is 3. The fourth-order valence-corrected chi connectivity index (χ4v) is 4.14. The minimum absolute atomic E-state index is 0.712. The van der Waals surface area contributed by atoms with Crippen LogP contribution in [0.5, 0.6) is 0 Å². The van der Waals surface area contributed by atoms with Crippen LogP contribution in [0.25, 0.3) is 43.9 Å². The van der Waals surface area contributed by atoms with Crippen LogP contribution in [0.4, 0.5) is 0 Å². The molecule has 4 aromatic carbocycles. The monoisotopic (exact) mass is 362 g/mol. The Kier molecular flexibility index (Phi) is 3.19. The van der Waals surface area contributed by atoms with Crippen molar-refractivity contribution in [3.05, 3.63) is 84.9 Å². The molecule has 6 aromatic rings. The first kappa shape index (κ1) is 15.6. The molecule has 0 atom stereocenters. The lowest BCUT2D eigenvalue weighted by atomic mass is 9.55. The molecule has 0 radical (unpaired) electrons. The molecule has 0 spiro atoms. The van der Waals surface area contributed by atoms with Crippen LogP contribution in [0.3, 0.4) is 0 Å². The zero-order valence-corrected chi connectivity index (χ0v) is 14.9. The SMILES string of the molecule is OB(c1cccc2c1oc1ccccc12)c1cccc2c1oc1ccccc12. The van der Waals surface area contributed by atoms with Gasteiger partial charge in [-0.1, -0.05) is 72.8 Å². The van der Waals surface area contributed by atoms with E-state index < -0.39 is 6.92 Å². The van der Waals surface area contributed by atoms with Crippen molar-refractivity contribution in [2.24, 2.45) is 0 Å². The molecule has 6 rings (SSSR count). The number of furan rings is 2. The summed E-state index contributed by atoms with van der Waals surface area (Å²) in [6.07, 6.45) is 0. The first-order chi connectivity index (χ1) is 13.8. The molecule has 0 fully saturated rings. The molecule has 0 saturated carbocycles. The second kappa shape index (κ2) is 5.75. The van der Waals surface area contributed by atoms with Crippen LogP contribution >= 0.6 is 0 Å². The van der Waals surface area contributed by atoms with Gasteiger partial charge >= 0.3 is 6.92 Å². The molecule has 3 nitrogen and oxygen atoms in total. The van der Waals surface area contributed by atoms with Crippen molar-refractivity contribution in [2.75, 3.05) is 0 Å². The highest BCUT2D eigenvalue weighted by molar-refractivity contribution is 6.82. The molecule has 1 N–H and O–H groups in total. The third-order valence-electron chi connectivity index (χ3n) is 5.46. The Bertz CT molecular complexity index is 1380. The molecule has 0 aliphatic heterocycles. The smallest absolute Gasteiger partial charge is 0.366 e. The zero-order chi connectivity index (χ0) is 18.7. The van der Waals surface area contributed by atoms with Gasteiger partial charge in [-0.2, -0.15) is 0 Å². The molecular formula is C24H15BO3. The van der Waals surface area contributed by atoms with E-state index in [0.717, 1.165) is 43.6 Å². The van der Waals surface area contributed by atoms with Crippen molar-refractivity contribution in [1.29, 1.82) is 0 Å². The predicted molar refractivity (Wildman–Crippen MR) is 115 cm³/mol. The lowest BCUT2D eigenvalue weighted by Crippen LogP contribution is -2.42. The van der Waals surface area contributed by atoms with Crippen molar-refractivity contribution in [3.8, 4) is 0 Å². The van der Waals surface area contributed by atoms with Crippen molar-refractivity contribution in [1.82, 2.24) is 0 Å². The van der Waals surface area contributed by atoms with Gasteiger partial charge in [-0.3, -0.25) is 0 Å². The summed E-state index contributed by atoms with van der Waals surface area (Å²) in [5.74, 6) is 0. The quantitative estimate of drug-likeness (QED) is 0.459. The van der Waals surface area contributed by atoms with Crippen LogP contribution in [0, 0.1) is 0 Å². The maximum Gasteiger partial charge on any atom is 0.366 e. The molecule has 0 unspecified atom stereocenters. The van der Waals surface area contributed by atoms with Crippen LogP contribution in [0.1, 0.15) is 0 Å². The first-order valence-corrected chi connectivity index (χ1v) is 9.29. The number of rotatable bonds is 2.